The standard InChI is InChI=1S/C20H18O8.Na/c21-9-17-18(24)19(25)20(28-17)27-15-6-5-10(7-13(15)23)16-8-12(22)11-3-1-2-4-14(11)26-16;/h1-8,17-21,23-25H,9H2;/t17-,18-,19-,20-;/m1./s1. The number of aliphatic hydroxyl groups is 3. The van der Waals surface area contributed by atoms with Gasteiger partial charge in [-0.3, -0.25) is 4.79 Å². The zero-order valence-corrected chi connectivity index (χ0v) is 17.6. The number of fused-ring (bicyclic) bond motifs is 1. The van der Waals surface area contributed by atoms with Gasteiger partial charge in [-0.2, -0.15) is 0 Å². The molecular formula is C20H18NaO8. The maximum Gasteiger partial charge on any atom is 0.229 e. The van der Waals surface area contributed by atoms with Crippen molar-refractivity contribution in [1.29, 1.82) is 0 Å². The Kier molecular flexibility index (Phi) is 6.65. The summed E-state index contributed by atoms with van der Waals surface area (Å²) in [6, 6.07) is 12.5. The molecule has 1 radical (unpaired) electrons. The monoisotopic (exact) mass is 409 g/mol. The van der Waals surface area contributed by atoms with Gasteiger partial charge in [0.15, 0.2) is 16.9 Å². The Hall–Kier alpha value is -1.91. The van der Waals surface area contributed by atoms with Crippen LogP contribution < -0.4 is 10.2 Å². The third-order valence-electron chi connectivity index (χ3n) is 4.62. The molecule has 1 saturated heterocycles. The third-order valence-corrected chi connectivity index (χ3v) is 4.62. The van der Waals surface area contributed by atoms with Gasteiger partial charge in [0.05, 0.1) is 12.0 Å². The summed E-state index contributed by atoms with van der Waals surface area (Å²) in [4.78, 5) is 12.2. The van der Waals surface area contributed by atoms with E-state index >= 15 is 0 Å². The molecule has 0 amide bonds. The number of phenolic OH excluding ortho intramolecular Hbond substituents is 1. The van der Waals surface area contributed by atoms with Crippen molar-refractivity contribution in [3.63, 3.8) is 0 Å². The molecule has 2 aromatic carbocycles. The number of phenols is 1. The molecule has 1 aliphatic heterocycles. The van der Waals surface area contributed by atoms with Crippen LogP contribution in [-0.4, -0.2) is 81.2 Å². The smallest absolute Gasteiger partial charge is 0.229 e. The predicted octanol–water partition coefficient (Wildman–Crippen LogP) is 0.603. The van der Waals surface area contributed by atoms with Crippen LogP contribution in [0.15, 0.2) is 57.7 Å². The quantitative estimate of drug-likeness (QED) is 0.461. The van der Waals surface area contributed by atoms with Crippen LogP contribution >= 0.6 is 0 Å². The first-order valence-electron chi connectivity index (χ1n) is 8.63. The fourth-order valence-corrected chi connectivity index (χ4v) is 3.10. The second-order valence-corrected chi connectivity index (χ2v) is 6.48. The number of rotatable bonds is 4. The maximum absolute atomic E-state index is 12.2. The summed E-state index contributed by atoms with van der Waals surface area (Å²) in [5.41, 5.74) is 0.674. The van der Waals surface area contributed by atoms with E-state index in [0.29, 0.717) is 16.5 Å². The van der Waals surface area contributed by atoms with E-state index in [1.54, 1.807) is 30.3 Å². The van der Waals surface area contributed by atoms with E-state index in [1.165, 1.54) is 18.2 Å². The van der Waals surface area contributed by atoms with E-state index in [9.17, 15) is 20.1 Å². The van der Waals surface area contributed by atoms with Gasteiger partial charge in [0.2, 0.25) is 6.29 Å². The van der Waals surface area contributed by atoms with Crippen LogP contribution in [0.5, 0.6) is 11.5 Å². The molecule has 8 nitrogen and oxygen atoms in total. The van der Waals surface area contributed by atoms with Crippen molar-refractivity contribution in [3.8, 4) is 22.8 Å². The van der Waals surface area contributed by atoms with Crippen LogP contribution in [-0.2, 0) is 4.74 Å². The molecule has 0 spiro atoms. The first kappa shape index (κ1) is 21.8. The van der Waals surface area contributed by atoms with E-state index in [4.69, 9.17) is 19.0 Å². The van der Waals surface area contributed by atoms with Gasteiger partial charge in [-0.25, -0.2) is 0 Å². The molecule has 147 valence electrons. The molecule has 0 bridgehead atoms. The van der Waals surface area contributed by atoms with E-state index in [-0.39, 0.29) is 52.2 Å². The molecule has 3 aromatic rings. The summed E-state index contributed by atoms with van der Waals surface area (Å²) in [5, 5.41) is 39.5. The molecule has 0 saturated carbocycles. The van der Waals surface area contributed by atoms with Gasteiger partial charge in [-0.05, 0) is 30.3 Å². The third kappa shape index (κ3) is 4.19. The minimum absolute atomic E-state index is 0. The number of aliphatic hydroxyl groups excluding tert-OH is 3. The van der Waals surface area contributed by atoms with Gasteiger partial charge in [0.25, 0.3) is 0 Å². The van der Waals surface area contributed by atoms with Gasteiger partial charge in [0, 0.05) is 41.2 Å². The Labute approximate surface area is 187 Å². The van der Waals surface area contributed by atoms with Crippen molar-refractivity contribution in [2.75, 3.05) is 6.61 Å². The maximum atomic E-state index is 12.2. The first-order chi connectivity index (χ1) is 13.5. The molecular weight excluding hydrogens is 391 g/mol. The largest absolute Gasteiger partial charge is 0.504 e. The zero-order valence-electron chi connectivity index (χ0n) is 15.6. The SMILES string of the molecule is O=c1cc(-c2ccc(O[C@@H]3O[C@H](CO)[C@@H](O)[C@H]3O)c(O)c2)oc2ccccc12.[Na]. The number of hydrogen-bond donors (Lipinski definition) is 4. The van der Waals surface area contributed by atoms with Crippen molar-refractivity contribution in [2.24, 2.45) is 0 Å². The molecule has 9 heteroatoms. The van der Waals surface area contributed by atoms with Crippen LogP contribution in [0.3, 0.4) is 0 Å². The Bertz CT molecular complexity index is 1070. The van der Waals surface area contributed by atoms with Crippen molar-refractivity contribution in [3.05, 3.63) is 58.8 Å². The average Bonchev–Trinajstić information content (AvgIpc) is 2.97. The number of para-hydroxylation sites is 1. The number of ether oxygens (including phenoxy) is 2. The molecule has 2 heterocycles. The first-order valence-corrected chi connectivity index (χ1v) is 8.63. The number of benzene rings is 2. The van der Waals surface area contributed by atoms with Gasteiger partial charge < -0.3 is 34.3 Å². The molecule has 29 heavy (non-hydrogen) atoms. The van der Waals surface area contributed by atoms with E-state index in [0.717, 1.165) is 0 Å². The number of hydrogen-bond acceptors (Lipinski definition) is 8. The van der Waals surface area contributed by atoms with Crippen LogP contribution in [0.1, 0.15) is 0 Å². The second kappa shape index (κ2) is 8.85. The Morgan fingerprint density at radius 2 is 1.79 bits per heavy atom. The summed E-state index contributed by atoms with van der Waals surface area (Å²) >= 11 is 0. The molecule has 4 atom stereocenters. The topological polar surface area (TPSA) is 130 Å². The van der Waals surface area contributed by atoms with Crippen LogP contribution in [0.25, 0.3) is 22.3 Å². The summed E-state index contributed by atoms with van der Waals surface area (Å²) in [6.45, 7) is -0.482. The normalized spacial score (nSPS) is 23.7. The zero-order chi connectivity index (χ0) is 19.8. The van der Waals surface area contributed by atoms with E-state index in [1.807, 2.05) is 0 Å². The van der Waals surface area contributed by atoms with Gasteiger partial charge in [-0.1, -0.05) is 12.1 Å². The summed E-state index contributed by atoms with van der Waals surface area (Å²) in [6.07, 6.45) is -4.91. The van der Waals surface area contributed by atoms with Crippen LogP contribution in [0, 0.1) is 0 Å². The molecule has 0 aliphatic carbocycles. The average molecular weight is 409 g/mol. The molecule has 1 fully saturated rings. The molecule has 1 aromatic heterocycles. The van der Waals surface area contributed by atoms with Crippen molar-refractivity contribution >= 4 is 40.5 Å². The van der Waals surface area contributed by atoms with Crippen molar-refractivity contribution in [1.82, 2.24) is 0 Å². The Morgan fingerprint density at radius 3 is 2.48 bits per heavy atom. The second-order valence-electron chi connectivity index (χ2n) is 6.48. The molecule has 0 unspecified atom stereocenters. The summed E-state index contributed by atoms with van der Waals surface area (Å²) in [5.74, 6) is 0.00578. The van der Waals surface area contributed by atoms with Gasteiger partial charge in [-0.15, -0.1) is 0 Å². The fourth-order valence-electron chi connectivity index (χ4n) is 3.10. The van der Waals surface area contributed by atoms with Crippen LogP contribution in [0.2, 0.25) is 0 Å². The van der Waals surface area contributed by atoms with Crippen molar-refractivity contribution in [2.45, 2.75) is 24.6 Å². The van der Waals surface area contributed by atoms with E-state index < -0.39 is 31.2 Å². The predicted molar refractivity (Wildman–Crippen MR) is 104 cm³/mol. The minimum Gasteiger partial charge on any atom is -0.504 e. The van der Waals surface area contributed by atoms with Gasteiger partial charge in [0.1, 0.15) is 29.7 Å². The minimum atomic E-state index is -1.38. The van der Waals surface area contributed by atoms with Crippen molar-refractivity contribution < 1.29 is 34.3 Å². The van der Waals surface area contributed by atoms with Gasteiger partial charge >= 0.3 is 0 Å². The Morgan fingerprint density at radius 1 is 1.03 bits per heavy atom. The molecule has 1 aliphatic rings. The number of aromatic hydroxyl groups is 1. The summed E-state index contributed by atoms with van der Waals surface area (Å²) < 4.78 is 16.4. The van der Waals surface area contributed by atoms with E-state index in [2.05, 4.69) is 0 Å². The van der Waals surface area contributed by atoms with Crippen LogP contribution in [0.4, 0.5) is 0 Å². The Balaban J connectivity index is 0.00000240. The summed E-state index contributed by atoms with van der Waals surface area (Å²) in [7, 11) is 0. The fraction of sp³-hybridized carbons (Fsp3) is 0.250. The molecule has 4 N–H and O–H groups in total. The molecule has 4 rings (SSSR count).